The highest BCUT2D eigenvalue weighted by Gasteiger charge is 2.41. The van der Waals surface area contributed by atoms with Gasteiger partial charge < -0.3 is 0 Å². The van der Waals surface area contributed by atoms with Crippen LogP contribution in [0.4, 0.5) is 13.2 Å². The van der Waals surface area contributed by atoms with Gasteiger partial charge in [-0.1, -0.05) is 18.6 Å². The summed E-state index contributed by atoms with van der Waals surface area (Å²) in [5.41, 5.74) is -4.32. The van der Waals surface area contributed by atoms with Crippen LogP contribution in [-0.2, 0) is 4.79 Å². The Hall–Kier alpha value is -0.490. The summed E-state index contributed by atoms with van der Waals surface area (Å²) in [6, 6.07) is 0. The van der Waals surface area contributed by atoms with Gasteiger partial charge in [0.1, 0.15) is 5.78 Å². The van der Waals surface area contributed by atoms with Crippen molar-refractivity contribution in [3.63, 3.8) is 0 Å². The molecule has 1 fully saturated rings. The third-order valence-electron chi connectivity index (χ3n) is 3.93. The Balaban J connectivity index is 1.44. The average molecular weight is 293 g/mol. The van der Waals surface area contributed by atoms with Gasteiger partial charge in [0.2, 0.25) is 0 Å². The van der Waals surface area contributed by atoms with Gasteiger partial charge in [0.05, 0.1) is 6.54 Å². The van der Waals surface area contributed by atoms with E-state index in [-0.39, 0.29) is 24.3 Å². The molecule has 0 spiro atoms. The number of carbonyl (C=O) groups is 1. The molecule has 6 heteroatoms. The maximum absolute atomic E-state index is 11.8. The molecular weight excluding hydrogens is 275 g/mol. The molecule has 0 aromatic rings. The molecule has 2 rings (SSSR count). The van der Waals surface area contributed by atoms with Crippen molar-refractivity contribution in [2.24, 2.45) is 17.8 Å². The molecule has 3 atom stereocenters. The van der Waals surface area contributed by atoms with E-state index in [1.807, 2.05) is 0 Å². The van der Waals surface area contributed by atoms with Crippen molar-refractivity contribution in [1.29, 1.82) is 0 Å². The summed E-state index contributed by atoms with van der Waals surface area (Å²) in [5, 5.41) is 0. The second-order valence-electron chi connectivity index (χ2n) is 5.28. The molecule has 0 aromatic carbocycles. The minimum Gasteiger partial charge on any atom is -0.298 e. The molecule has 0 aromatic heterocycles. The van der Waals surface area contributed by atoms with Crippen LogP contribution in [0.5, 0.6) is 0 Å². The van der Waals surface area contributed by atoms with E-state index >= 15 is 0 Å². The number of nitrogens with one attached hydrogen (secondary N) is 1. The molecule has 0 heterocycles. The van der Waals surface area contributed by atoms with E-state index in [4.69, 9.17) is 0 Å². The third-order valence-corrected chi connectivity index (χ3v) is 4.45. The van der Waals surface area contributed by atoms with E-state index < -0.39 is 5.51 Å². The molecule has 108 valence electrons. The fourth-order valence-corrected chi connectivity index (χ4v) is 3.17. The summed E-state index contributed by atoms with van der Waals surface area (Å²) in [5.74, 6) is 2.23. The summed E-state index contributed by atoms with van der Waals surface area (Å²) in [4.78, 5) is 11.3. The Kier molecular flexibility index (Phi) is 4.95. The van der Waals surface area contributed by atoms with Crippen molar-refractivity contribution in [2.45, 2.75) is 37.6 Å². The summed E-state index contributed by atoms with van der Waals surface area (Å²) >= 11 is -0.352. The number of alkyl halides is 3. The van der Waals surface area contributed by atoms with Gasteiger partial charge in [-0.3, -0.25) is 4.79 Å². The van der Waals surface area contributed by atoms with Crippen LogP contribution in [0.1, 0.15) is 32.1 Å². The first kappa shape index (κ1) is 14.9. The summed E-state index contributed by atoms with van der Waals surface area (Å²) < 4.78 is 37.5. The molecule has 19 heavy (non-hydrogen) atoms. The third kappa shape index (κ3) is 4.53. The monoisotopic (exact) mass is 293 g/mol. The number of hydrogen-bond acceptors (Lipinski definition) is 3. The molecule has 2 aliphatic rings. The second-order valence-corrected chi connectivity index (χ2v) is 6.23. The van der Waals surface area contributed by atoms with Crippen LogP contribution < -0.4 is 4.72 Å². The lowest BCUT2D eigenvalue weighted by molar-refractivity contribution is -0.118. The highest BCUT2D eigenvalue weighted by Crippen LogP contribution is 2.50. The molecule has 0 aliphatic heterocycles. The second kappa shape index (κ2) is 6.31. The molecule has 0 radical (unpaired) electrons. The summed E-state index contributed by atoms with van der Waals surface area (Å²) in [7, 11) is 0. The molecular formula is C13H18F3NOS. The molecule has 0 bridgehead atoms. The van der Waals surface area contributed by atoms with Gasteiger partial charge >= 0.3 is 5.51 Å². The number of hydrogen-bond donors (Lipinski definition) is 1. The molecule has 3 unspecified atom stereocenters. The van der Waals surface area contributed by atoms with Crippen LogP contribution in [0.25, 0.3) is 0 Å². The number of halogens is 3. The van der Waals surface area contributed by atoms with Crippen molar-refractivity contribution in [3.8, 4) is 0 Å². The summed E-state index contributed by atoms with van der Waals surface area (Å²) in [6.07, 6.45) is 9.11. The van der Waals surface area contributed by atoms with Gasteiger partial charge in [-0.15, -0.1) is 0 Å². The van der Waals surface area contributed by atoms with E-state index in [1.165, 1.54) is 6.42 Å². The Bertz CT molecular complexity index is 356. The minimum atomic E-state index is -4.32. The van der Waals surface area contributed by atoms with E-state index in [9.17, 15) is 18.0 Å². The van der Waals surface area contributed by atoms with Crippen molar-refractivity contribution in [3.05, 3.63) is 12.2 Å². The maximum atomic E-state index is 11.8. The van der Waals surface area contributed by atoms with Crippen molar-refractivity contribution in [1.82, 2.24) is 4.72 Å². The Morgan fingerprint density at radius 2 is 2.11 bits per heavy atom. The number of allylic oxidation sites excluding steroid dienone is 2. The molecule has 0 saturated heterocycles. The SMILES string of the molecule is O=C(CCCCC1CC2C=CC21)CNSC(F)(F)F. The van der Waals surface area contributed by atoms with Crippen molar-refractivity contribution in [2.75, 3.05) is 6.54 Å². The Labute approximate surface area is 115 Å². The Morgan fingerprint density at radius 3 is 2.63 bits per heavy atom. The molecule has 2 nitrogen and oxygen atoms in total. The average Bonchev–Trinajstić information content (AvgIpc) is 2.28. The van der Waals surface area contributed by atoms with E-state index in [2.05, 4.69) is 16.9 Å². The van der Waals surface area contributed by atoms with Crippen molar-refractivity contribution < 1.29 is 18.0 Å². The molecule has 0 amide bonds. The normalized spacial score (nSPS) is 28.5. The topological polar surface area (TPSA) is 29.1 Å². The van der Waals surface area contributed by atoms with Gasteiger partial charge in [0.15, 0.2) is 0 Å². The first-order valence-corrected chi connectivity index (χ1v) is 7.45. The predicted octanol–water partition coefficient (Wildman–Crippen LogP) is 3.70. The standard InChI is InChI=1S/C13H18F3NOS/c14-13(15,16)19-17-8-11(18)4-2-1-3-9-7-10-5-6-12(9)10/h5-6,9-10,12,17H,1-4,7-8H2. The van der Waals surface area contributed by atoms with Gasteiger partial charge in [-0.05, 0) is 37.0 Å². The Morgan fingerprint density at radius 1 is 1.32 bits per heavy atom. The number of fused-ring (bicyclic) bond motifs is 1. The van der Waals surface area contributed by atoms with Crippen LogP contribution in [0.15, 0.2) is 12.2 Å². The number of rotatable bonds is 8. The van der Waals surface area contributed by atoms with E-state index in [1.54, 1.807) is 0 Å². The molecule has 2 aliphatic carbocycles. The van der Waals surface area contributed by atoms with Crippen LogP contribution in [0.3, 0.4) is 0 Å². The van der Waals surface area contributed by atoms with E-state index in [0.717, 1.165) is 37.0 Å². The largest absolute Gasteiger partial charge is 0.456 e. The zero-order valence-electron chi connectivity index (χ0n) is 10.6. The van der Waals surface area contributed by atoms with Crippen LogP contribution in [0, 0.1) is 17.8 Å². The first-order chi connectivity index (χ1) is 8.96. The van der Waals surface area contributed by atoms with Crippen LogP contribution >= 0.6 is 11.9 Å². The van der Waals surface area contributed by atoms with Crippen molar-refractivity contribution >= 4 is 17.7 Å². The quantitative estimate of drug-likeness (QED) is 0.420. The molecule has 1 N–H and O–H groups in total. The van der Waals surface area contributed by atoms with E-state index in [0.29, 0.717) is 6.42 Å². The maximum Gasteiger partial charge on any atom is 0.456 e. The minimum absolute atomic E-state index is 0.147. The smallest absolute Gasteiger partial charge is 0.298 e. The fourth-order valence-electron chi connectivity index (χ4n) is 2.78. The number of carbonyl (C=O) groups excluding carboxylic acids is 1. The molecule has 1 saturated carbocycles. The van der Waals surface area contributed by atoms with Gasteiger partial charge in [0.25, 0.3) is 0 Å². The lowest BCUT2D eigenvalue weighted by Crippen LogP contribution is -2.39. The first-order valence-electron chi connectivity index (χ1n) is 6.63. The zero-order valence-corrected chi connectivity index (χ0v) is 11.4. The number of ketones is 1. The highest BCUT2D eigenvalue weighted by molar-refractivity contribution is 7.98. The lowest BCUT2D eigenvalue weighted by atomic mass is 9.57. The van der Waals surface area contributed by atoms with Gasteiger partial charge in [-0.2, -0.15) is 13.2 Å². The van der Waals surface area contributed by atoms with Gasteiger partial charge in [-0.25, -0.2) is 4.72 Å². The van der Waals surface area contributed by atoms with Gasteiger partial charge in [0, 0.05) is 18.4 Å². The summed E-state index contributed by atoms with van der Waals surface area (Å²) in [6.45, 7) is -0.207. The fraction of sp³-hybridized carbons (Fsp3) is 0.769. The lowest BCUT2D eigenvalue weighted by Gasteiger charge is -2.48. The van der Waals surface area contributed by atoms with Crippen LogP contribution in [0.2, 0.25) is 0 Å². The number of Topliss-reactive ketones (excluding diaryl/α,β-unsaturated/α-hetero) is 1. The number of unbranched alkanes of at least 4 members (excludes halogenated alkanes) is 1. The predicted molar refractivity (Wildman–Crippen MR) is 69.4 cm³/mol. The zero-order chi connectivity index (χ0) is 13.9. The highest BCUT2D eigenvalue weighted by atomic mass is 32.2. The van der Waals surface area contributed by atoms with Crippen LogP contribution in [-0.4, -0.2) is 17.8 Å².